The van der Waals surface area contributed by atoms with Crippen LogP contribution in [-0.2, 0) is 10.0 Å². The molecule has 0 spiro atoms. The molecule has 0 aromatic heterocycles. The molecule has 1 aliphatic rings. The van der Waals surface area contributed by atoms with E-state index in [9.17, 15) is 17.9 Å². The summed E-state index contributed by atoms with van der Waals surface area (Å²) >= 11 is 4.77. The molecule has 2 rings (SSSR count). The fraction of sp³-hybridized carbons (Fsp3) is 0.462. The van der Waals surface area contributed by atoms with Crippen molar-refractivity contribution < 1.29 is 17.9 Å². The number of sulfonamides is 1. The quantitative estimate of drug-likeness (QED) is 0.804. The van der Waals surface area contributed by atoms with E-state index in [1.165, 1.54) is 16.4 Å². The maximum atomic E-state index is 13.9. The first-order valence-electron chi connectivity index (χ1n) is 6.60. The molecule has 1 aromatic rings. The number of aliphatic hydroxyl groups excluding tert-OH is 1. The van der Waals surface area contributed by atoms with Crippen LogP contribution < -0.4 is 5.73 Å². The summed E-state index contributed by atoms with van der Waals surface area (Å²) in [7, 11) is -3.96. The minimum absolute atomic E-state index is 0.240. The zero-order valence-electron chi connectivity index (χ0n) is 11.3. The summed E-state index contributed by atoms with van der Waals surface area (Å²) in [4.78, 5) is -0.542. The third kappa shape index (κ3) is 3.08. The fourth-order valence-electron chi connectivity index (χ4n) is 2.56. The molecule has 8 heteroatoms. The average Bonchev–Trinajstić information content (AvgIpc) is 2.46. The molecule has 1 heterocycles. The number of benzene rings is 1. The Morgan fingerprint density at radius 1 is 1.48 bits per heavy atom. The third-order valence-corrected chi connectivity index (χ3v) is 5.79. The Bertz CT molecular complexity index is 649. The molecule has 1 aliphatic heterocycles. The van der Waals surface area contributed by atoms with Gasteiger partial charge < -0.3 is 10.8 Å². The van der Waals surface area contributed by atoms with E-state index < -0.39 is 21.9 Å². The lowest BCUT2D eigenvalue weighted by atomic mass is 10.1. The second-order valence-electron chi connectivity index (χ2n) is 4.93. The van der Waals surface area contributed by atoms with Gasteiger partial charge in [-0.3, -0.25) is 0 Å². The number of aliphatic hydroxyl groups is 1. The molecule has 1 fully saturated rings. The number of nitrogens with zero attached hydrogens (tertiary/aromatic N) is 1. The number of piperidine rings is 1. The Kier molecular flexibility index (Phi) is 4.92. The van der Waals surface area contributed by atoms with E-state index in [2.05, 4.69) is 0 Å². The second kappa shape index (κ2) is 6.35. The van der Waals surface area contributed by atoms with Crippen LogP contribution in [-0.4, -0.2) is 42.0 Å². The van der Waals surface area contributed by atoms with E-state index in [0.717, 1.165) is 12.5 Å². The zero-order chi connectivity index (χ0) is 15.6. The predicted molar refractivity (Wildman–Crippen MR) is 80.9 cm³/mol. The average molecular weight is 332 g/mol. The summed E-state index contributed by atoms with van der Waals surface area (Å²) in [5.41, 5.74) is 5.20. The minimum atomic E-state index is -3.96. The van der Waals surface area contributed by atoms with Crippen LogP contribution in [0.2, 0.25) is 0 Å². The van der Waals surface area contributed by atoms with E-state index in [-0.39, 0.29) is 22.1 Å². The first-order chi connectivity index (χ1) is 9.89. The molecule has 1 unspecified atom stereocenters. The second-order valence-corrected chi connectivity index (χ2v) is 7.22. The van der Waals surface area contributed by atoms with Crippen molar-refractivity contribution in [2.75, 3.05) is 13.2 Å². The van der Waals surface area contributed by atoms with Gasteiger partial charge in [-0.15, -0.1) is 0 Å². The smallest absolute Gasteiger partial charge is 0.244 e. The lowest BCUT2D eigenvalue weighted by Crippen LogP contribution is -2.46. The standard InChI is InChI=1S/C13H17FN2O3S2/c14-10-5-3-6-11(12(10)13(15)20)21(18,19)16-7-2-1-4-9(16)8-17/h3,5-6,9,17H,1-2,4,7-8H2,(H2,15,20). The lowest BCUT2D eigenvalue weighted by Gasteiger charge is -2.33. The largest absolute Gasteiger partial charge is 0.395 e. The van der Waals surface area contributed by atoms with Crippen molar-refractivity contribution in [3.8, 4) is 0 Å². The summed E-state index contributed by atoms with van der Waals surface area (Å²) in [6.45, 7) is 0.0256. The van der Waals surface area contributed by atoms with Crippen molar-refractivity contribution >= 4 is 27.2 Å². The van der Waals surface area contributed by atoms with Crippen molar-refractivity contribution in [2.45, 2.75) is 30.2 Å². The number of hydrogen-bond donors (Lipinski definition) is 2. The Morgan fingerprint density at radius 2 is 2.19 bits per heavy atom. The topological polar surface area (TPSA) is 83.6 Å². The minimum Gasteiger partial charge on any atom is -0.395 e. The summed E-state index contributed by atoms with van der Waals surface area (Å²) in [6.07, 6.45) is 2.13. The summed E-state index contributed by atoms with van der Waals surface area (Å²) in [5, 5.41) is 9.37. The molecule has 21 heavy (non-hydrogen) atoms. The van der Waals surface area contributed by atoms with Gasteiger partial charge in [0.1, 0.15) is 10.8 Å². The van der Waals surface area contributed by atoms with Crippen LogP contribution in [0.25, 0.3) is 0 Å². The molecular weight excluding hydrogens is 315 g/mol. The van der Waals surface area contributed by atoms with Gasteiger partial charge in [0.15, 0.2) is 0 Å². The number of nitrogens with two attached hydrogens (primary N) is 1. The van der Waals surface area contributed by atoms with Crippen LogP contribution >= 0.6 is 12.2 Å². The normalized spacial score (nSPS) is 20.4. The number of thiocarbonyl (C=S) groups is 1. The fourth-order valence-corrected chi connectivity index (χ4v) is 4.73. The highest BCUT2D eigenvalue weighted by molar-refractivity contribution is 7.89. The number of hydrogen-bond acceptors (Lipinski definition) is 4. The Morgan fingerprint density at radius 3 is 2.81 bits per heavy atom. The lowest BCUT2D eigenvalue weighted by molar-refractivity contribution is 0.155. The van der Waals surface area contributed by atoms with Gasteiger partial charge in [-0.2, -0.15) is 4.31 Å². The molecule has 1 atom stereocenters. The molecule has 0 radical (unpaired) electrons. The number of rotatable bonds is 4. The third-order valence-electron chi connectivity index (χ3n) is 3.59. The summed E-state index contributed by atoms with van der Waals surface area (Å²) in [5.74, 6) is -0.763. The van der Waals surface area contributed by atoms with Gasteiger partial charge in [0.25, 0.3) is 0 Å². The molecule has 0 bridgehead atoms. The van der Waals surface area contributed by atoms with Crippen LogP contribution in [0.3, 0.4) is 0 Å². The van der Waals surface area contributed by atoms with Gasteiger partial charge in [0, 0.05) is 12.6 Å². The van der Waals surface area contributed by atoms with Crippen molar-refractivity contribution in [3.05, 3.63) is 29.6 Å². The first kappa shape index (κ1) is 16.3. The first-order valence-corrected chi connectivity index (χ1v) is 8.45. The Hall–Kier alpha value is -1.09. The molecule has 1 aromatic carbocycles. The van der Waals surface area contributed by atoms with Gasteiger partial charge >= 0.3 is 0 Å². The molecule has 3 N–H and O–H groups in total. The van der Waals surface area contributed by atoms with Crippen molar-refractivity contribution in [3.63, 3.8) is 0 Å². The predicted octanol–water partition coefficient (Wildman–Crippen LogP) is 0.995. The van der Waals surface area contributed by atoms with Gasteiger partial charge in [-0.25, -0.2) is 12.8 Å². The van der Waals surface area contributed by atoms with Crippen LogP contribution in [0.4, 0.5) is 4.39 Å². The van der Waals surface area contributed by atoms with Gasteiger partial charge in [-0.05, 0) is 25.0 Å². The van der Waals surface area contributed by atoms with Crippen molar-refractivity contribution in [1.82, 2.24) is 4.31 Å². The van der Waals surface area contributed by atoms with Crippen LogP contribution in [0, 0.1) is 5.82 Å². The van der Waals surface area contributed by atoms with Crippen molar-refractivity contribution in [1.29, 1.82) is 0 Å². The molecule has 0 amide bonds. The van der Waals surface area contributed by atoms with Crippen molar-refractivity contribution in [2.24, 2.45) is 5.73 Å². The summed E-state index contributed by atoms with van der Waals surface area (Å²) < 4.78 is 40.6. The maximum absolute atomic E-state index is 13.9. The SMILES string of the molecule is NC(=S)c1c(F)cccc1S(=O)(=O)N1CCCCC1CO. The van der Waals surface area contributed by atoms with E-state index >= 15 is 0 Å². The highest BCUT2D eigenvalue weighted by Gasteiger charge is 2.35. The van der Waals surface area contributed by atoms with Crippen LogP contribution in [0.15, 0.2) is 23.1 Å². The van der Waals surface area contributed by atoms with Crippen LogP contribution in [0.5, 0.6) is 0 Å². The van der Waals surface area contributed by atoms with Gasteiger partial charge in [-0.1, -0.05) is 24.7 Å². The van der Waals surface area contributed by atoms with Gasteiger partial charge in [0.2, 0.25) is 10.0 Å². The highest BCUT2D eigenvalue weighted by Crippen LogP contribution is 2.28. The number of halogens is 1. The molecule has 116 valence electrons. The van der Waals surface area contributed by atoms with E-state index in [0.29, 0.717) is 19.4 Å². The monoisotopic (exact) mass is 332 g/mol. The Labute approximate surface area is 128 Å². The highest BCUT2D eigenvalue weighted by atomic mass is 32.2. The Balaban J connectivity index is 2.54. The van der Waals surface area contributed by atoms with Crippen LogP contribution in [0.1, 0.15) is 24.8 Å². The van der Waals surface area contributed by atoms with E-state index in [1.54, 1.807) is 0 Å². The van der Waals surface area contributed by atoms with E-state index in [1.807, 2.05) is 0 Å². The molecule has 1 saturated heterocycles. The summed E-state index contributed by atoms with van der Waals surface area (Å²) in [6, 6.07) is 3.22. The van der Waals surface area contributed by atoms with Gasteiger partial charge in [0.05, 0.1) is 17.1 Å². The zero-order valence-corrected chi connectivity index (χ0v) is 13.0. The molecular formula is C13H17FN2O3S2. The van der Waals surface area contributed by atoms with E-state index in [4.69, 9.17) is 18.0 Å². The maximum Gasteiger partial charge on any atom is 0.244 e. The molecule has 0 saturated carbocycles. The molecule has 0 aliphatic carbocycles. The molecule has 5 nitrogen and oxygen atoms in total.